The average molecular weight is 1440 g/mol. The van der Waals surface area contributed by atoms with E-state index in [-0.39, 0.29) is 25.8 Å². The van der Waals surface area contributed by atoms with Crippen LogP contribution in [0, 0.1) is 21.6 Å². The van der Waals surface area contributed by atoms with Gasteiger partial charge < -0.3 is 18.4 Å². The molecule has 0 saturated heterocycles. The summed E-state index contributed by atoms with van der Waals surface area (Å²) in [5, 5.41) is 0. The Labute approximate surface area is 658 Å². The van der Waals surface area contributed by atoms with Gasteiger partial charge >= 0.3 is 32.4 Å². The number of quaternary nitrogens is 2. The van der Waals surface area contributed by atoms with E-state index in [4.69, 9.17) is 29.5 Å². The fourth-order valence-electron chi connectivity index (χ4n) is 11.1. The number of hydrogen-bond acceptors (Lipinski definition) is 5. The van der Waals surface area contributed by atoms with Gasteiger partial charge in [0.25, 0.3) is 0 Å². The van der Waals surface area contributed by atoms with Crippen molar-refractivity contribution < 1.29 is 28.0 Å². The first-order valence-electron chi connectivity index (χ1n) is 41.6. The molecule has 5 rings (SSSR count). The van der Waals surface area contributed by atoms with Gasteiger partial charge in [0.15, 0.2) is 0 Å². The second kappa shape index (κ2) is 72.9. The number of ether oxygens (including phenoxy) is 2. The molecule has 0 heterocycles. The van der Waals surface area contributed by atoms with Crippen LogP contribution in [0.3, 0.4) is 0 Å². The summed E-state index contributed by atoms with van der Waals surface area (Å²) in [5.74, 6) is 1.11. The van der Waals surface area contributed by atoms with Crippen molar-refractivity contribution in [2.24, 2.45) is 17.3 Å². The molecule has 11 heteroatoms. The standard InChI is InChI=1S/C31H58N.C29H52N.C10H20O2.C8H14O2.2C6H5B.C3H6.Al.B.HN/c1-6-8-9-10-11-12-13-14-15-16-17-18-19-20-21-22-27-32(4,5)28-30-23-25-31(26-24-30)29(3)7-2;1-5-7-8-9-10-11-12-13-14-15-16-17-18-19-20-21-26-30(3,4)27-29-24-22-28(6-2)23-25-29;1-6-10(4,5)9(11)12-7-8(2)3;1-6(2)5-10-8(9)7(3)4;2*7-6-4-2-1-3-5-6;1-2-3-1;;;/h23-26,29H,6-22,27-28H2,1-5H3;6,22-25H,2,5,7-21,26-27H2,1,3-4H3;8H,6-7H2,1-5H3;6H,3,5H2,1-2,4H3;2*1-5H;1-3H2;;;1H/q2*+1;;;;;;;;. The zero-order valence-corrected chi connectivity index (χ0v) is 72.0. The SMILES string of the molecule is C1CC1.C=C(C)C(=O)OCC(C)C.C=Cc1ccc(C[N+](C)(C)CCCCCCCCCCCCCCCCCC)cc1.CCC(C)(C)C(=O)OCC(C)C.CCCCCCCCCCCCCCCCCC[N+](C)(C)Cc1ccc(C(C)CC)cc1.[B].[B]c1ccccc1.[B]c1ccccc1.[NH]=[Al]. The molecule has 8 radical (unpaired) electrons. The normalized spacial score (nSPS) is 11.5. The molecule has 1 fully saturated rings. The molecule has 7 nitrogen and oxygen atoms in total. The van der Waals surface area contributed by atoms with E-state index in [1.807, 2.05) is 115 Å². The Bertz CT molecular complexity index is 2480. The van der Waals surface area contributed by atoms with Crippen molar-refractivity contribution in [2.45, 2.75) is 340 Å². The quantitative estimate of drug-likeness (QED) is 0.0157. The van der Waals surface area contributed by atoms with Gasteiger partial charge in [-0.15, -0.1) is 0 Å². The molecule has 104 heavy (non-hydrogen) atoms. The molecule has 1 N–H and O–H groups in total. The van der Waals surface area contributed by atoms with E-state index < -0.39 is 0 Å². The van der Waals surface area contributed by atoms with Crippen LogP contribution < -0.4 is 10.9 Å². The molecule has 4 aromatic rings. The molecule has 1 saturated carbocycles. The third-order valence-corrected chi connectivity index (χ3v) is 18.7. The fourth-order valence-corrected chi connectivity index (χ4v) is 11.1. The maximum absolute atomic E-state index is 11.4. The zero-order valence-electron chi connectivity index (χ0n) is 70.9. The summed E-state index contributed by atoms with van der Waals surface area (Å²) < 4.78 is 17.8. The summed E-state index contributed by atoms with van der Waals surface area (Å²) in [5.41, 5.74) is 7.39. The van der Waals surface area contributed by atoms with Crippen LogP contribution in [-0.2, 0) is 32.2 Å². The van der Waals surface area contributed by atoms with Crippen molar-refractivity contribution in [1.82, 2.24) is 0 Å². The third-order valence-electron chi connectivity index (χ3n) is 18.7. The summed E-state index contributed by atoms with van der Waals surface area (Å²) >= 11 is 1.67. The number of benzene rings is 4. The number of esters is 2. The summed E-state index contributed by atoms with van der Waals surface area (Å²) in [6, 6.07) is 37.2. The summed E-state index contributed by atoms with van der Waals surface area (Å²) in [6.07, 6.45) is 54.6. The first-order chi connectivity index (χ1) is 49.3. The van der Waals surface area contributed by atoms with Crippen molar-refractivity contribution in [3.05, 3.63) is 150 Å². The van der Waals surface area contributed by atoms with E-state index in [0.29, 0.717) is 36.5 Å². The number of rotatable bonds is 48. The molecule has 0 amide bonds. The predicted octanol–water partition coefficient (Wildman–Crippen LogP) is 25.3. The first kappa shape index (κ1) is 106. The van der Waals surface area contributed by atoms with Gasteiger partial charge in [0.1, 0.15) is 28.8 Å². The van der Waals surface area contributed by atoms with Crippen molar-refractivity contribution in [1.29, 1.82) is 4.35 Å². The van der Waals surface area contributed by atoms with Crippen LogP contribution in [0.4, 0.5) is 0 Å². The van der Waals surface area contributed by atoms with E-state index in [1.165, 1.54) is 266 Å². The Morgan fingerprint density at radius 1 is 0.481 bits per heavy atom. The Balaban J connectivity index is -0.000000624. The van der Waals surface area contributed by atoms with Gasteiger partial charge in [-0.3, -0.25) is 4.79 Å². The van der Waals surface area contributed by atoms with Crippen LogP contribution in [0.15, 0.2) is 128 Å². The number of hydrogen-bond donors (Lipinski definition) is 1. The van der Waals surface area contributed by atoms with E-state index in [2.05, 4.69) is 118 Å². The Kier molecular flexibility index (Phi) is 74.4. The van der Waals surface area contributed by atoms with Crippen LogP contribution in [0.2, 0.25) is 0 Å². The zero-order chi connectivity index (χ0) is 77.7. The monoisotopic (exact) mass is 1440 g/mol. The van der Waals surface area contributed by atoms with Gasteiger partial charge in [0.05, 0.1) is 59.9 Å². The molecular weight excluding hydrogens is 1280 g/mol. The van der Waals surface area contributed by atoms with Gasteiger partial charge in [-0.2, -0.15) is 0 Å². The van der Waals surface area contributed by atoms with Gasteiger partial charge in [-0.25, -0.2) is 4.79 Å². The van der Waals surface area contributed by atoms with E-state index in [1.54, 1.807) is 23.0 Å². The van der Waals surface area contributed by atoms with Gasteiger partial charge in [-0.1, -0.05) is 401 Å². The second-order valence-electron chi connectivity index (χ2n) is 32.1. The molecular formula is C93H161AlB3N3O4+2. The summed E-state index contributed by atoms with van der Waals surface area (Å²) in [4.78, 5) is 22.1. The molecule has 1 aliphatic carbocycles. The molecule has 1 atom stereocenters. The average Bonchev–Trinajstić information content (AvgIpc) is 1.86. The molecule has 0 bridgehead atoms. The van der Waals surface area contributed by atoms with Crippen LogP contribution >= 0.6 is 0 Å². The third kappa shape index (κ3) is 73.3. The van der Waals surface area contributed by atoms with E-state index in [9.17, 15) is 9.59 Å². The van der Waals surface area contributed by atoms with Crippen LogP contribution in [-0.4, -0.2) is 116 Å². The van der Waals surface area contributed by atoms with Crippen LogP contribution in [0.5, 0.6) is 0 Å². The molecule has 0 spiro atoms. The Morgan fingerprint density at radius 2 is 0.769 bits per heavy atom. The number of unbranched alkanes of at least 4 members (excludes halogenated alkanes) is 30. The van der Waals surface area contributed by atoms with E-state index >= 15 is 0 Å². The number of carbonyl (C=O) groups excluding carboxylic acids is 2. The van der Waals surface area contributed by atoms with Crippen molar-refractivity contribution in [3.63, 3.8) is 0 Å². The van der Waals surface area contributed by atoms with Crippen LogP contribution in [0.25, 0.3) is 6.08 Å². The number of nitrogens with one attached hydrogen (secondary N) is 1. The summed E-state index contributed by atoms with van der Waals surface area (Å²) in [7, 11) is 20.2. The van der Waals surface area contributed by atoms with Crippen molar-refractivity contribution in [3.8, 4) is 0 Å². The molecule has 1 unspecified atom stereocenters. The van der Waals surface area contributed by atoms with Crippen molar-refractivity contribution >= 4 is 69.1 Å². The topological polar surface area (TPSA) is 76.5 Å². The minimum absolute atomic E-state index is 0. The molecule has 582 valence electrons. The second-order valence-corrected chi connectivity index (χ2v) is 32.1. The molecule has 4 aromatic carbocycles. The predicted molar refractivity (Wildman–Crippen MR) is 464 cm³/mol. The minimum atomic E-state index is -0.325. The van der Waals surface area contributed by atoms with Crippen LogP contribution in [0.1, 0.15) is 349 Å². The Morgan fingerprint density at radius 3 is 1.01 bits per heavy atom. The van der Waals surface area contributed by atoms with Gasteiger partial charge in [-0.05, 0) is 88.2 Å². The molecule has 1 aliphatic rings. The first-order valence-corrected chi connectivity index (χ1v) is 42.2. The number of carbonyl (C=O) groups is 2. The maximum atomic E-state index is 11.4. The Hall–Kier alpha value is -4.25. The molecule has 0 aliphatic heterocycles. The van der Waals surface area contributed by atoms with Gasteiger partial charge in [0, 0.05) is 25.1 Å². The fraction of sp³-hybridized carbons (Fsp3) is 0.677. The van der Waals surface area contributed by atoms with Crippen molar-refractivity contribution in [2.75, 3.05) is 54.5 Å². The number of nitrogens with zero attached hydrogens (tertiary/aromatic N) is 2. The molecule has 0 aromatic heterocycles. The van der Waals surface area contributed by atoms with Gasteiger partial charge in [0.2, 0.25) is 0 Å². The van der Waals surface area contributed by atoms with E-state index in [0.717, 1.165) is 39.4 Å². The summed E-state index contributed by atoms with van der Waals surface area (Å²) in [6.45, 7) is 37.9.